The third kappa shape index (κ3) is 3.06. The van der Waals surface area contributed by atoms with E-state index >= 15 is 0 Å². The number of nitrogens with two attached hydrogens (primary N) is 1. The van der Waals surface area contributed by atoms with Gasteiger partial charge in [-0.05, 0) is 39.8 Å². The third-order valence-corrected chi connectivity index (χ3v) is 3.49. The van der Waals surface area contributed by atoms with Gasteiger partial charge in [-0.3, -0.25) is 4.90 Å². The van der Waals surface area contributed by atoms with Crippen LogP contribution in [0.4, 0.5) is 0 Å². The summed E-state index contributed by atoms with van der Waals surface area (Å²) in [6.07, 6.45) is 0.999. The van der Waals surface area contributed by atoms with Crippen molar-refractivity contribution in [2.24, 2.45) is 5.73 Å². The van der Waals surface area contributed by atoms with Gasteiger partial charge in [0.05, 0.1) is 0 Å². The molecule has 0 saturated carbocycles. The largest absolute Gasteiger partial charge is 0.329 e. The van der Waals surface area contributed by atoms with E-state index < -0.39 is 0 Å². The predicted molar refractivity (Wildman–Crippen MR) is 70.5 cm³/mol. The van der Waals surface area contributed by atoms with Crippen molar-refractivity contribution in [3.8, 4) is 0 Å². The van der Waals surface area contributed by atoms with Gasteiger partial charge in [0.1, 0.15) is 0 Å². The average Bonchev–Trinajstić information content (AvgIpc) is 2.29. The molecule has 0 bridgehead atoms. The number of nitrogens with zero attached hydrogens (tertiary/aromatic N) is 1. The lowest BCUT2D eigenvalue weighted by Crippen LogP contribution is -2.53. The van der Waals surface area contributed by atoms with Crippen LogP contribution in [0.15, 0.2) is 30.3 Å². The van der Waals surface area contributed by atoms with Crippen LogP contribution in [0.25, 0.3) is 0 Å². The molecule has 0 aliphatic carbocycles. The van der Waals surface area contributed by atoms with Crippen LogP contribution in [-0.2, 0) is 6.42 Å². The van der Waals surface area contributed by atoms with Crippen molar-refractivity contribution in [3.05, 3.63) is 35.9 Å². The number of hydrogen-bond acceptors (Lipinski definition) is 2. The molecule has 16 heavy (non-hydrogen) atoms. The zero-order valence-corrected chi connectivity index (χ0v) is 10.9. The first kappa shape index (κ1) is 13.2. The van der Waals surface area contributed by atoms with E-state index in [1.807, 2.05) is 0 Å². The summed E-state index contributed by atoms with van der Waals surface area (Å²) in [5.74, 6) is 0. The minimum absolute atomic E-state index is 0.0372. The first-order chi connectivity index (χ1) is 7.49. The van der Waals surface area contributed by atoms with E-state index in [2.05, 4.69) is 63.1 Å². The molecule has 0 heterocycles. The molecule has 0 radical (unpaired) electrons. The molecule has 1 unspecified atom stereocenters. The highest BCUT2D eigenvalue weighted by Gasteiger charge is 2.29. The summed E-state index contributed by atoms with van der Waals surface area (Å²) in [5.41, 5.74) is 7.34. The molecule has 0 amide bonds. The van der Waals surface area contributed by atoms with E-state index in [4.69, 9.17) is 5.73 Å². The van der Waals surface area contributed by atoms with Gasteiger partial charge in [0.25, 0.3) is 0 Å². The van der Waals surface area contributed by atoms with E-state index in [0.29, 0.717) is 12.6 Å². The minimum Gasteiger partial charge on any atom is -0.329 e. The molecule has 0 aliphatic rings. The molecular weight excluding hydrogens is 196 g/mol. The molecule has 1 atom stereocenters. The standard InChI is InChI=1S/C14H24N2/c1-12(2)16(4)14(3,11-15)10-13-8-6-5-7-9-13/h5-9,12H,10-11,15H2,1-4H3. The van der Waals surface area contributed by atoms with Crippen LogP contribution in [0.3, 0.4) is 0 Å². The van der Waals surface area contributed by atoms with Crippen LogP contribution in [-0.4, -0.2) is 30.1 Å². The maximum absolute atomic E-state index is 5.95. The summed E-state index contributed by atoms with van der Waals surface area (Å²) in [4.78, 5) is 2.36. The van der Waals surface area contributed by atoms with Crippen molar-refractivity contribution in [2.75, 3.05) is 13.6 Å². The van der Waals surface area contributed by atoms with Gasteiger partial charge in [0.2, 0.25) is 0 Å². The molecule has 1 aromatic rings. The third-order valence-electron chi connectivity index (χ3n) is 3.49. The van der Waals surface area contributed by atoms with Crippen LogP contribution in [0, 0.1) is 0 Å². The van der Waals surface area contributed by atoms with E-state index in [0.717, 1.165) is 6.42 Å². The maximum atomic E-state index is 5.95. The van der Waals surface area contributed by atoms with Gasteiger partial charge >= 0.3 is 0 Å². The summed E-state index contributed by atoms with van der Waals surface area (Å²) >= 11 is 0. The van der Waals surface area contributed by atoms with Crippen LogP contribution in [0.1, 0.15) is 26.3 Å². The van der Waals surface area contributed by atoms with E-state index in [1.54, 1.807) is 0 Å². The van der Waals surface area contributed by atoms with E-state index in [-0.39, 0.29) is 5.54 Å². The molecule has 2 N–H and O–H groups in total. The molecule has 1 aromatic carbocycles. The molecule has 0 saturated heterocycles. The quantitative estimate of drug-likeness (QED) is 0.825. The second-order valence-corrected chi connectivity index (χ2v) is 5.07. The van der Waals surface area contributed by atoms with Gasteiger partial charge in [-0.2, -0.15) is 0 Å². The Bertz CT molecular complexity index is 308. The van der Waals surface area contributed by atoms with Gasteiger partial charge in [0, 0.05) is 18.1 Å². The maximum Gasteiger partial charge on any atom is 0.0343 e. The molecule has 1 rings (SSSR count). The van der Waals surface area contributed by atoms with Gasteiger partial charge in [-0.25, -0.2) is 0 Å². The average molecular weight is 220 g/mol. The number of likely N-dealkylation sites (N-methyl/N-ethyl adjacent to an activating group) is 1. The second-order valence-electron chi connectivity index (χ2n) is 5.07. The van der Waals surface area contributed by atoms with E-state index in [1.165, 1.54) is 5.56 Å². The Kier molecular flexibility index (Phi) is 4.51. The molecule has 0 fully saturated rings. The van der Waals surface area contributed by atoms with Crippen LogP contribution >= 0.6 is 0 Å². The fraction of sp³-hybridized carbons (Fsp3) is 0.571. The zero-order valence-electron chi connectivity index (χ0n) is 10.9. The van der Waals surface area contributed by atoms with Crippen molar-refractivity contribution in [3.63, 3.8) is 0 Å². The van der Waals surface area contributed by atoms with Gasteiger partial charge < -0.3 is 5.73 Å². The van der Waals surface area contributed by atoms with Gasteiger partial charge in [-0.1, -0.05) is 30.3 Å². The van der Waals surface area contributed by atoms with Gasteiger partial charge in [-0.15, -0.1) is 0 Å². The van der Waals surface area contributed by atoms with Gasteiger partial charge in [0.15, 0.2) is 0 Å². The normalized spacial score (nSPS) is 15.4. The molecule has 2 nitrogen and oxygen atoms in total. The first-order valence-corrected chi connectivity index (χ1v) is 5.96. The Hall–Kier alpha value is -0.860. The summed E-state index contributed by atoms with van der Waals surface area (Å²) < 4.78 is 0. The lowest BCUT2D eigenvalue weighted by molar-refractivity contribution is 0.109. The highest BCUT2D eigenvalue weighted by molar-refractivity contribution is 5.18. The highest BCUT2D eigenvalue weighted by atomic mass is 15.2. The lowest BCUT2D eigenvalue weighted by atomic mass is 9.90. The first-order valence-electron chi connectivity index (χ1n) is 5.96. The van der Waals surface area contributed by atoms with Crippen molar-refractivity contribution in [1.82, 2.24) is 4.90 Å². The Labute approximate surface area is 99.5 Å². The van der Waals surface area contributed by atoms with Crippen LogP contribution < -0.4 is 5.73 Å². The number of rotatable bonds is 5. The minimum atomic E-state index is 0.0372. The Morgan fingerprint density at radius 1 is 1.25 bits per heavy atom. The summed E-state index contributed by atoms with van der Waals surface area (Å²) in [6, 6.07) is 11.1. The Morgan fingerprint density at radius 2 is 1.81 bits per heavy atom. The smallest absolute Gasteiger partial charge is 0.0343 e. The zero-order chi connectivity index (χ0) is 12.2. The lowest BCUT2D eigenvalue weighted by Gasteiger charge is -2.41. The molecular formula is C14H24N2. The van der Waals surface area contributed by atoms with E-state index in [9.17, 15) is 0 Å². The van der Waals surface area contributed by atoms with Crippen LogP contribution in [0.2, 0.25) is 0 Å². The van der Waals surface area contributed by atoms with Crippen molar-refractivity contribution in [1.29, 1.82) is 0 Å². The topological polar surface area (TPSA) is 29.3 Å². The summed E-state index contributed by atoms with van der Waals surface area (Å²) in [7, 11) is 2.15. The Morgan fingerprint density at radius 3 is 2.25 bits per heavy atom. The fourth-order valence-electron chi connectivity index (χ4n) is 2.00. The molecule has 0 spiro atoms. The monoisotopic (exact) mass is 220 g/mol. The Balaban J connectivity index is 2.82. The summed E-state index contributed by atoms with van der Waals surface area (Å²) in [5, 5.41) is 0. The number of benzene rings is 1. The predicted octanol–water partition coefficient (Wildman–Crippen LogP) is 2.29. The molecule has 2 heteroatoms. The van der Waals surface area contributed by atoms with Crippen LogP contribution in [0.5, 0.6) is 0 Å². The van der Waals surface area contributed by atoms with Crippen molar-refractivity contribution < 1.29 is 0 Å². The SMILES string of the molecule is CC(C)N(C)C(C)(CN)Cc1ccccc1. The van der Waals surface area contributed by atoms with Crippen molar-refractivity contribution in [2.45, 2.75) is 38.8 Å². The molecule has 90 valence electrons. The second kappa shape index (κ2) is 5.46. The fourth-order valence-corrected chi connectivity index (χ4v) is 2.00. The highest BCUT2D eigenvalue weighted by Crippen LogP contribution is 2.20. The molecule has 0 aliphatic heterocycles. The molecule has 0 aromatic heterocycles. The van der Waals surface area contributed by atoms with Crippen molar-refractivity contribution >= 4 is 0 Å². The summed E-state index contributed by atoms with van der Waals surface area (Å²) in [6.45, 7) is 7.33. The number of hydrogen-bond donors (Lipinski definition) is 1.